The largest absolute Gasteiger partial charge is 0.478 e. The molecule has 0 amide bonds. The van der Waals surface area contributed by atoms with Crippen LogP contribution in [0.3, 0.4) is 0 Å². The molecule has 2 aromatic rings. The number of carboxylic acids is 1. The summed E-state index contributed by atoms with van der Waals surface area (Å²) in [6.45, 7) is 1.49. The van der Waals surface area contributed by atoms with Gasteiger partial charge in [0.2, 0.25) is 0 Å². The molecule has 1 aliphatic carbocycles. The molecule has 0 aromatic heterocycles. The van der Waals surface area contributed by atoms with Gasteiger partial charge in [-0.2, -0.15) is 0 Å². The van der Waals surface area contributed by atoms with Crippen molar-refractivity contribution >= 4 is 37.2 Å². The smallest absolute Gasteiger partial charge is 0.335 e. The first-order valence-corrected chi connectivity index (χ1v) is 13.9. The molecular weight excluding hydrogens is 452 g/mol. The van der Waals surface area contributed by atoms with Crippen molar-refractivity contribution in [2.24, 2.45) is 0 Å². The zero-order valence-electron chi connectivity index (χ0n) is 17.7. The van der Waals surface area contributed by atoms with Gasteiger partial charge in [-0.15, -0.1) is 0 Å². The van der Waals surface area contributed by atoms with Crippen LogP contribution >= 0.6 is 0 Å². The summed E-state index contributed by atoms with van der Waals surface area (Å²) in [5.41, 5.74) is 1.26. The van der Waals surface area contributed by atoms with Crippen LogP contribution in [0.25, 0.3) is 0 Å². The molecule has 2 aliphatic rings. The molecular formula is C22H26N2O6S2. The van der Waals surface area contributed by atoms with Crippen molar-refractivity contribution in [1.82, 2.24) is 0 Å². The van der Waals surface area contributed by atoms with Gasteiger partial charge < -0.3 is 10.0 Å². The number of benzene rings is 2. The second kappa shape index (κ2) is 8.40. The normalized spacial score (nSPS) is 17.2. The fraction of sp³-hybridized carbons (Fsp3) is 0.409. The summed E-state index contributed by atoms with van der Waals surface area (Å²) in [6.07, 6.45) is 5.78. The van der Waals surface area contributed by atoms with Crippen LogP contribution in [0.1, 0.15) is 53.9 Å². The lowest BCUT2D eigenvalue weighted by Crippen LogP contribution is -2.30. The second-order valence-corrected chi connectivity index (χ2v) is 12.1. The minimum atomic E-state index is -4.16. The van der Waals surface area contributed by atoms with Crippen LogP contribution in [0.5, 0.6) is 0 Å². The third kappa shape index (κ3) is 4.75. The monoisotopic (exact) mass is 478 g/mol. The highest BCUT2D eigenvalue weighted by Gasteiger charge is 2.32. The number of anilines is 2. The molecule has 10 heteroatoms. The van der Waals surface area contributed by atoms with E-state index in [9.17, 15) is 26.7 Å². The molecule has 0 radical (unpaired) electrons. The number of carboxylic acid groups (broad SMARTS) is 1. The first-order chi connectivity index (χ1) is 15.1. The number of sulfone groups is 1. The average molecular weight is 479 g/mol. The average Bonchev–Trinajstić information content (AvgIpc) is 3.58. The lowest BCUT2D eigenvalue weighted by atomic mass is 10.1. The third-order valence-electron chi connectivity index (χ3n) is 5.90. The van der Waals surface area contributed by atoms with Crippen LogP contribution in [0.4, 0.5) is 11.4 Å². The lowest BCUT2D eigenvalue weighted by molar-refractivity contribution is 0.0696. The van der Waals surface area contributed by atoms with Gasteiger partial charge in [0.1, 0.15) is 0 Å². The molecule has 4 rings (SSSR count). The van der Waals surface area contributed by atoms with Crippen molar-refractivity contribution in [2.75, 3.05) is 29.0 Å². The van der Waals surface area contributed by atoms with Crippen molar-refractivity contribution in [1.29, 1.82) is 0 Å². The summed E-state index contributed by atoms with van der Waals surface area (Å²) >= 11 is 0. The maximum absolute atomic E-state index is 13.5. The number of sulfonamides is 1. The molecule has 1 saturated heterocycles. The first kappa shape index (κ1) is 22.6. The molecule has 2 N–H and O–H groups in total. The predicted molar refractivity (Wildman–Crippen MR) is 122 cm³/mol. The van der Waals surface area contributed by atoms with E-state index in [0.29, 0.717) is 11.3 Å². The van der Waals surface area contributed by atoms with E-state index in [1.165, 1.54) is 24.3 Å². The van der Waals surface area contributed by atoms with Crippen molar-refractivity contribution in [3.63, 3.8) is 0 Å². The van der Waals surface area contributed by atoms with Gasteiger partial charge in [-0.1, -0.05) is 6.07 Å². The second-order valence-electron chi connectivity index (χ2n) is 8.44. The number of nitrogens with one attached hydrogen (secondary N) is 1. The van der Waals surface area contributed by atoms with E-state index in [0.717, 1.165) is 51.4 Å². The Kier molecular flexibility index (Phi) is 5.93. The van der Waals surface area contributed by atoms with Gasteiger partial charge in [-0.3, -0.25) is 4.72 Å². The molecule has 0 atom stereocenters. The van der Waals surface area contributed by atoms with Gasteiger partial charge in [0.05, 0.1) is 26.7 Å². The molecule has 32 heavy (non-hydrogen) atoms. The molecule has 2 aromatic carbocycles. The van der Waals surface area contributed by atoms with E-state index in [1.807, 2.05) is 4.90 Å². The predicted octanol–water partition coefficient (Wildman–Crippen LogP) is 3.46. The fourth-order valence-corrected chi connectivity index (χ4v) is 6.11. The minimum Gasteiger partial charge on any atom is -0.478 e. The third-order valence-corrected chi connectivity index (χ3v) is 8.44. The van der Waals surface area contributed by atoms with E-state index < -0.39 is 25.8 Å². The topological polar surface area (TPSA) is 121 Å². The molecule has 1 heterocycles. The summed E-state index contributed by atoms with van der Waals surface area (Å²) < 4.78 is 53.7. The van der Waals surface area contributed by atoms with E-state index in [2.05, 4.69) is 4.72 Å². The maximum atomic E-state index is 13.5. The van der Waals surface area contributed by atoms with Crippen LogP contribution in [-0.4, -0.2) is 47.3 Å². The highest BCUT2D eigenvalue weighted by atomic mass is 32.2. The Morgan fingerprint density at radius 3 is 2.28 bits per heavy atom. The van der Waals surface area contributed by atoms with Gasteiger partial charge in [0.15, 0.2) is 9.84 Å². The SMILES string of the molecule is CS(=O)(=O)c1ccc(N2CCCCC2)c(NS(=O)(=O)c2cc(C(=O)O)ccc2C2CC2)c1. The summed E-state index contributed by atoms with van der Waals surface area (Å²) in [6, 6.07) is 8.62. The van der Waals surface area contributed by atoms with E-state index in [1.54, 1.807) is 12.1 Å². The molecule has 0 unspecified atom stereocenters. The number of aromatic carboxylic acids is 1. The van der Waals surface area contributed by atoms with Crippen molar-refractivity contribution in [3.8, 4) is 0 Å². The van der Waals surface area contributed by atoms with Gasteiger partial charge in [-0.25, -0.2) is 21.6 Å². The lowest BCUT2D eigenvalue weighted by Gasteiger charge is -2.31. The van der Waals surface area contributed by atoms with Crippen molar-refractivity contribution in [2.45, 2.75) is 47.8 Å². The van der Waals surface area contributed by atoms with Crippen molar-refractivity contribution in [3.05, 3.63) is 47.5 Å². The van der Waals surface area contributed by atoms with Gasteiger partial charge in [-0.05, 0) is 73.9 Å². The Morgan fingerprint density at radius 1 is 1.00 bits per heavy atom. The molecule has 172 valence electrons. The molecule has 1 aliphatic heterocycles. The number of carbonyl (C=O) groups is 1. The number of hydrogen-bond donors (Lipinski definition) is 2. The van der Waals surface area contributed by atoms with E-state index in [4.69, 9.17) is 0 Å². The zero-order valence-corrected chi connectivity index (χ0v) is 19.4. The molecule has 1 saturated carbocycles. The number of nitrogens with zero attached hydrogens (tertiary/aromatic N) is 1. The van der Waals surface area contributed by atoms with E-state index in [-0.39, 0.29) is 27.0 Å². The highest BCUT2D eigenvalue weighted by Crippen LogP contribution is 2.44. The summed E-state index contributed by atoms with van der Waals surface area (Å²) in [5, 5.41) is 9.36. The van der Waals surface area contributed by atoms with Gasteiger partial charge in [0, 0.05) is 19.3 Å². The molecule has 0 spiro atoms. The first-order valence-electron chi connectivity index (χ1n) is 10.6. The Hall–Kier alpha value is -2.59. The molecule has 0 bridgehead atoms. The summed E-state index contributed by atoms with van der Waals surface area (Å²) in [4.78, 5) is 13.4. The van der Waals surface area contributed by atoms with Crippen LogP contribution in [0.15, 0.2) is 46.2 Å². The highest BCUT2D eigenvalue weighted by molar-refractivity contribution is 7.92. The Balaban J connectivity index is 1.80. The molecule has 2 fully saturated rings. The maximum Gasteiger partial charge on any atom is 0.335 e. The van der Waals surface area contributed by atoms with E-state index >= 15 is 0 Å². The standard InChI is InChI=1S/C22H26N2O6S2/c1-31(27,28)17-8-10-20(24-11-3-2-4-12-24)19(14-17)23-32(29,30)21-13-16(22(25)26)7-9-18(21)15-5-6-15/h7-10,13-15,23H,2-6,11-12H2,1H3,(H,25,26). The minimum absolute atomic E-state index is 0.0117. The van der Waals surface area contributed by atoms with Crippen LogP contribution in [0.2, 0.25) is 0 Å². The van der Waals surface area contributed by atoms with Crippen molar-refractivity contribution < 1.29 is 26.7 Å². The number of piperidine rings is 1. The summed E-state index contributed by atoms with van der Waals surface area (Å²) in [7, 11) is -7.72. The number of hydrogen-bond acceptors (Lipinski definition) is 6. The van der Waals surface area contributed by atoms with Crippen LogP contribution < -0.4 is 9.62 Å². The quantitative estimate of drug-likeness (QED) is 0.625. The molecule has 8 nitrogen and oxygen atoms in total. The van der Waals surface area contributed by atoms with Gasteiger partial charge in [0.25, 0.3) is 10.0 Å². The zero-order chi connectivity index (χ0) is 23.1. The van der Waals surface area contributed by atoms with Crippen LogP contribution in [0, 0.1) is 0 Å². The Morgan fingerprint density at radius 2 is 1.69 bits per heavy atom. The van der Waals surface area contributed by atoms with Gasteiger partial charge >= 0.3 is 5.97 Å². The Bertz CT molecular complexity index is 1260. The fourth-order valence-electron chi connectivity index (χ4n) is 4.07. The van der Waals surface area contributed by atoms with Crippen LogP contribution in [-0.2, 0) is 19.9 Å². The summed E-state index contributed by atoms with van der Waals surface area (Å²) in [5.74, 6) is -1.13. The number of rotatable bonds is 7. The Labute approximate surface area is 188 Å².